The Kier molecular flexibility index (Phi) is 4.24. The minimum Gasteiger partial charge on any atom is -0.842 e. The third-order valence-corrected chi connectivity index (χ3v) is 5.30. The van der Waals surface area contributed by atoms with Gasteiger partial charge in [0.1, 0.15) is 11.6 Å². The Balaban J connectivity index is 2.26. The van der Waals surface area contributed by atoms with Crippen LogP contribution in [0.15, 0.2) is 34.2 Å². The van der Waals surface area contributed by atoms with E-state index in [2.05, 4.69) is 0 Å². The Labute approximate surface area is 144 Å². The number of nitrogens with zero attached hydrogens (tertiary/aromatic N) is 3. The fourth-order valence-electron chi connectivity index (χ4n) is 2.80. The zero-order valence-electron chi connectivity index (χ0n) is 13.0. The fourth-order valence-corrected chi connectivity index (χ4v) is 4.06. The summed E-state index contributed by atoms with van der Waals surface area (Å²) in [6, 6.07) is 5.73. The van der Waals surface area contributed by atoms with Gasteiger partial charge in [0.25, 0.3) is 0 Å². The number of nitriles is 1. The highest BCUT2D eigenvalue weighted by Gasteiger charge is 2.36. The maximum absolute atomic E-state index is 12.9. The smallest absolute Gasteiger partial charge is 0.416 e. The van der Waals surface area contributed by atoms with E-state index in [-0.39, 0.29) is 17.5 Å². The Morgan fingerprint density at radius 1 is 1.48 bits per heavy atom. The molecule has 9 heteroatoms. The molecule has 130 valence electrons. The Hall–Kier alpha value is -2.47. The number of hydrogen-bond donors (Lipinski definition) is 0. The quantitative estimate of drug-likeness (QED) is 0.601. The van der Waals surface area contributed by atoms with Gasteiger partial charge in [-0.05, 0) is 29.5 Å². The van der Waals surface area contributed by atoms with Gasteiger partial charge < -0.3 is 5.11 Å². The molecule has 1 aromatic heterocycles. The van der Waals surface area contributed by atoms with Crippen LogP contribution in [0.4, 0.5) is 13.2 Å². The minimum atomic E-state index is -4.58. The van der Waals surface area contributed by atoms with Gasteiger partial charge in [0.15, 0.2) is 0 Å². The predicted octanol–water partition coefficient (Wildman–Crippen LogP) is 1.99. The molecule has 0 bridgehead atoms. The summed E-state index contributed by atoms with van der Waals surface area (Å²) in [5.41, 5.74) is -1.99. The van der Waals surface area contributed by atoms with Gasteiger partial charge in [0.2, 0.25) is 0 Å². The molecule has 1 atom stereocenters. The molecule has 5 nitrogen and oxygen atoms in total. The zero-order chi connectivity index (χ0) is 18.4. The largest absolute Gasteiger partial charge is 0.842 e. The number of halogens is 3. The molecule has 2 aromatic rings. The van der Waals surface area contributed by atoms with Crippen molar-refractivity contribution in [1.82, 2.24) is 4.57 Å². The summed E-state index contributed by atoms with van der Waals surface area (Å²) >= 11 is 1.28. The normalized spacial score (nSPS) is 16.5. The molecule has 0 spiro atoms. The standard InChI is InChI=1S/C16H12F3N3O2S/c1-21-13(23)12(9-3-2-4-10(7-9)16(17,18)19)14(24)22-11(5-6-20)8-25-15(21)22/h2-4,7,11H,5,8H2,1H3. The molecule has 0 aliphatic carbocycles. The molecule has 0 saturated heterocycles. The molecule has 3 rings (SSSR count). The van der Waals surface area contributed by atoms with Crippen molar-refractivity contribution >= 4 is 11.8 Å². The van der Waals surface area contributed by atoms with Crippen LogP contribution in [-0.2, 0) is 13.2 Å². The lowest BCUT2D eigenvalue weighted by atomic mass is 10.0. The SMILES string of the molecule is C[n+]1c([O-])c(-c2cccc(C(F)(F)F)c2)c(=O)n2c1SCC2CC#N. The van der Waals surface area contributed by atoms with E-state index in [9.17, 15) is 23.1 Å². The molecule has 1 aliphatic rings. The van der Waals surface area contributed by atoms with E-state index in [1.807, 2.05) is 6.07 Å². The van der Waals surface area contributed by atoms with Gasteiger partial charge in [-0.1, -0.05) is 12.1 Å². The molecule has 0 amide bonds. The average molecular weight is 367 g/mol. The summed E-state index contributed by atoms with van der Waals surface area (Å²) in [5, 5.41) is 21.9. The van der Waals surface area contributed by atoms with Crippen LogP contribution in [0.5, 0.6) is 5.88 Å². The molecule has 0 fully saturated rings. The summed E-state index contributed by atoms with van der Waals surface area (Å²) in [6.07, 6.45) is -4.49. The number of thioether (sulfide) groups is 1. The van der Waals surface area contributed by atoms with Crippen LogP contribution < -0.4 is 15.2 Å². The predicted molar refractivity (Wildman–Crippen MR) is 81.8 cm³/mol. The lowest BCUT2D eigenvalue weighted by Crippen LogP contribution is -2.43. The summed E-state index contributed by atoms with van der Waals surface area (Å²) in [6.45, 7) is 0. The Morgan fingerprint density at radius 3 is 2.84 bits per heavy atom. The lowest BCUT2D eigenvalue weighted by molar-refractivity contribution is -0.751. The van der Waals surface area contributed by atoms with Crippen molar-refractivity contribution in [2.45, 2.75) is 23.8 Å². The third kappa shape index (κ3) is 2.87. The van der Waals surface area contributed by atoms with Gasteiger partial charge >= 0.3 is 16.9 Å². The van der Waals surface area contributed by atoms with Gasteiger partial charge in [-0.15, -0.1) is 0 Å². The van der Waals surface area contributed by atoms with Crippen molar-refractivity contribution in [1.29, 1.82) is 5.26 Å². The first-order valence-corrected chi connectivity index (χ1v) is 8.27. The van der Waals surface area contributed by atoms with Crippen molar-refractivity contribution in [3.05, 3.63) is 40.2 Å². The monoisotopic (exact) mass is 367 g/mol. The third-order valence-electron chi connectivity index (χ3n) is 4.02. The number of benzene rings is 1. The summed E-state index contributed by atoms with van der Waals surface area (Å²) in [4.78, 5) is 12.8. The van der Waals surface area contributed by atoms with Gasteiger partial charge in [0, 0.05) is 5.75 Å². The second-order valence-corrected chi connectivity index (χ2v) is 6.59. The van der Waals surface area contributed by atoms with E-state index in [4.69, 9.17) is 5.26 Å². The first-order valence-electron chi connectivity index (χ1n) is 7.28. The van der Waals surface area contributed by atoms with E-state index in [1.54, 1.807) is 0 Å². The summed E-state index contributed by atoms with van der Waals surface area (Å²) in [7, 11) is 1.46. The van der Waals surface area contributed by atoms with Crippen molar-refractivity contribution in [3.8, 4) is 23.1 Å². The van der Waals surface area contributed by atoms with Crippen molar-refractivity contribution in [3.63, 3.8) is 0 Å². The number of fused-ring (bicyclic) bond motifs is 1. The molecule has 1 aliphatic heterocycles. The topological polar surface area (TPSA) is 72.7 Å². The number of aromatic nitrogens is 2. The van der Waals surface area contributed by atoms with Crippen LogP contribution in [0.2, 0.25) is 0 Å². The first kappa shape index (κ1) is 17.4. The molecule has 0 saturated carbocycles. The second-order valence-electron chi connectivity index (χ2n) is 5.60. The fraction of sp³-hybridized carbons (Fsp3) is 0.312. The van der Waals surface area contributed by atoms with Crippen LogP contribution in [0.3, 0.4) is 0 Å². The van der Waals surface area contributed by atoms with E-state index in [0.717, 1.165) is 18.2 Å². The number of alkyl halides is 3. The van der Waals surface area contributed by atoms with Crippen LogP contribution in [0.1, 0.15) is 18.0 Å². The molecule has 2 heterocycles. The van der Waals surface area contributed by atoms with Crippen molar-refractivity contribution in [2.75, 3.05) is 5.75 Å². The van der Waals surface area contributed by atoms with E-state index in [1.165, 1.54) is 34.0 Å². The number of rotatable bonds is 2. The second kappa shape index (κ2) is 6.11. The molecular weight excluding hydrogens is 355 g/mol. The van der Waals surface area contributed by atoms with Crippen LogP contribution in [0.25, 0.3) is 11.1 Å². The Morgan fingerprint density at radius 2 is 2.20 bits per heavy atom. The zero-order valence-corrected chi connectivity index (χ0v) is 13.8. The molecular formula is C16H12F3N3O2S. The van der Waals surface area contributed by atoms with Gasteiger partial charge in [-0.25, -0.2) is 9.36 Å². The molecule has 0 N–H and O–H groups in total. The highest BCUT2D eigenvalue weighted by atomic mass is 32.2. The van der Waals surface area contributed by atoms with E-state index >= 15 is 0 Å². The number of hydrogen-bond acceptors (Lipinski definition) is 4. The maximum Gasteiger partial charge on any atom is 0.416 e. The highest BCUT2D eigenvalue weighted by molar-refractivity contribution is 7.99. The van der Waals surface area contributed by atoms with E-state index < -0.39 is 29.2 Å². The molecule has 1 unspecified atom stereocenters. The van der Waals surface area contributed by atoms with Crippen LogP contribution in [-0.4, -0.2) is 10.3 Å². The van der Waals surface area contributed by atoms with Crippen LogP contribution in [0, 0.1) is 11.3 Å². The van der Waals surface area contributed by atoms with Gasteiger partial charge in [-0.2, -0.15) is 23.0 Å². The molecule has 0 radical (unpaired) electrons. The Bertz CT molecular complexity index is 947. The summed E-state index contributed by atoms with van der Waals surface area (Å²) < 4.78 is 41.4. The minimum absolute atomic E-state index is 0.0802. The van der Waals surface area contributed by atoms with E-state index in [0.29, 0.717) is 10.9 Å². The van der Waals surface area contributed by atoms with Crippen LogP contribution >= 0.6 is 11.8 Å². The van der Waals surface area contributed by atoms with Crippen molar-refractivity contribution < 1.29 is 22.8 Å². The molecule has 1 aromatic carbocycles. The highest BCUT2D eigenvalue weighted by Crippen LogP contribution is 2.35. The first-order chi connectivity index (χ1) is 11.8. The maximum atomic E-state index is 12.9. The summed E-state index contributed by atoms with van der Waals surface area (Å²) in [5.74, 6) is -0.192. The lowest BCUT2D eigenvalue weighted by Gasteiger charge is -2.17. The van der Waals surface area contributed by atoms with Gasteiger partial charge in [-0.3, -0.25) is 0 Å². The molecule has 25 heavy (non-hydrogen) atoms. The van der Waals surface area contributed by atoms with Gasteiger partial charge in [0.05, 0.1) is 31.0 Å². The van der Waals surface area contributed by atoms with Crippen molar-refractivity contribution in [2.24, 2.45) is 7.05 Å². The average Bonchev–Trinajstić information content (AvgIpc) is 2.97.